The zero-order valence-corrected chi connectivity index (χ0v) is 20.7. The van der Waals surface area contributed by atoms with Crippen LogP contribution in [0.5, 0.6) is 5.75 Å². The number of hydrogen-bond acceptors (Lipinski definition) is 4. The molecule has 1 aromatic heterocycles. The molecular weight excluding hydrogens is 461 g/mol. The molecule has 0 saturated heterocycles. The quantitative estimate of drug-likeness (QED) is 0.557. The molecule has 3 rings (SSSR count). The number of ketones is 1. The van der Waals surface area contributed by atoms with Gasteiger partial charge in [0.05, 0.1) is 12.2 Å². The fraction of sp³-hybridized carbons (Fsp3) is 0.458. The third-order valence-electron chi connectivity index (χ3n) is 5.46. The van der Waals surface area contributed by atoms with Crippen LogP contribution in [0.2, 0.25) is 0 Å². The zero-order chi connectivity index (χ0) is 22.4. The molecule has 2 N–H and O–H groups in total. The topological polar surface area (TPSA) is 77.3 Å². The summed E-state index contributed by atoms with van der Waals surface area (Å²) in [5, 5.41) is 19.2. The highest BCUT2D eigenvalue weighted by atomic mass is 79.9. The molecule has 0 atom stereocenters. The molecule has 0 unspecified atom stereocenters. The molecule has 0 saturated carbocycles. The highest BCUT2D eigenvalue weighted by Gasteiger charge is 2.30. The van der Waals surface area contributed by atoms with Gasteiger partial charge in [-0.3, -0.25) is 10.2 Å². The second kappa shape index (κ2) is 8.69. The number of fused-ring (bicyclic) bond motifs is 1. The minimum Gasteiger partial charge on any atom is -0.507 e. The van der Waals surface area contributed by atoms with Crippen LogP contribution in [0.15, 0.2) is 24.3 Å². The number of carbonyl (C=O) groups excluding carboxylic acids is 1. The predicted molar refractivity (Wildman–Crippen MR) is 126 cm³/mol. The number of halogens is 2. The lowest BCUT2D eigenvalue weighted by atomic mass is 9.78. The monoisotopic (exact) mass is 491 g/mol. The van der Waals surface area contributed by atoms with Crippen molar-refractivity contribution in [3.05, 3.63) is 57.9 Å². The van der Waals surface area contributed by atoms with Crippen molar-refractivity contribution in [2.75, 3.05) is 6.54 Å². The first kappa shape index (κ1) is 25.0. The van der Waals surface area contributed by atoms with Crippen molar-refractivity contribution in [2.45, 2.75) is 65.6 Å². The number of pyridine rings is 1. The molecule has 2 aromatic rings. The summed E-state index contributed by atoms with van der Waals surface area (Å²) in [6.07, 6.45) is 0. The van der Waals surface area contributed by atoms with Crippen LogP contribution in [-0.4, -0.2) is 33.2 Å². The van der Waals surface area contributed by atoms with E-state index in [4.69, 9.17) is 5.41 Å². The lowest BCUT2D eigenvalue weighted by Gasteiger charge is -2.28. The molecule has 0 amide bonds. The first-order valence-electron chi connectivity index (χ1n) is 10.1. The van der Waals surface area contributed by atoms with Crippen molar-refractivity contribution >= 4 is 28.6 Å². The number of nitrogens with one attached hydrogen (secondary N) is 1. The third kappa shape index (κ3) is 4.97. The average Bonchev–Trinajstić information content (AvgIpc) is 2.95. The summed E-state index contributed by atoms with van der Waals surface area (Å²) >= 11 is 0. The summed E-state index contributed by atoms with van der Waals surface area (Å²) in [5.41, 5.74) is 2.86. The summed E-state index contributed by atoms with van der Waals surface area (Å²) in [6, 6.07) is 6.91. The number of hydrogen-bond donors (Lipinski definition) is 2. The van der Waals surface area contributed by atoms with Crippen LogP contribution in [0.25, 0.3) is 0 Å². The summed E-state index contributed by atoms with van der Waals surface area (Å²) in [6.45, 7) is 11.8. The molecule has 1 aliphatic heterocycles. The number of amidine groups is 1. The van der Waals surface area contributed by atoms with Gasteiger partial charge in [0, 0.05) is 28.8 Å². The van der Waals surface area contributed by atoms with Crippen molar-refractivity contribution in [2.24, 2.45) is 0 Å². The Morgan fingerprint density at radius 1 is 1.13 bits per heavy atom. The Morgan fingerprint density at radius 2 is 1.68 bits per heavy atom. The van der Waals surface area contributed by atoms with Gasteiger partial charge in [0.1, 0.15) is 24.0 Å². The normalized spacial score (nSPS) is 13.8. The highest BCUT2D eigenvalue weighted by Crippen LogP contribution is 2.40. The Labute approximate surface area is 194 Å². The molecule has 1 aliphatic rings. The molecule has 0 aliphatic carbocycles. The Morgan fingerprint density at radius 3 is 2.16 bits per heavy atom. The van der Waals surface area contributed by atoms with Gasteiger partial charge in [0.25, 0.3) is 0 Å². The summed E-state index contributed by atoms with van der Waals surface area (Å²) in [5.74, 6) is 0.240. The number of rotatable bonds is 4. The van der Waals surface area contributed by atoms with Crippen LogP contribution in [-0.2, 0) is 24.0 Å². The van der Waals surface area contributed by atoms with Crippen molar-refractivity contribution in [3.63, 3.8) is 0 Å². The molecule has 0 fully saturated rings. The van der Waals surface area contributed by atoms with E-state index in [1.807, 2.05) is 41.5 Å². The average molecular weight is 492 g/mol. The van der Waals surface area contributed by atoms with Gasteiger partial charge in [-0.15, -0.1) is 17.0 Å². The van der Waals surface area contributed by atoms with E-state index < -0.39 is 6.67 Å². The number of aromatic nitrogens is 1. The van der Waals surface area contributed by atoms with Crippen LogP contribution in [0, 0.1) is 5.41 Å². The second-order valence-electron chi connectivity index (χ2n) is 9.99. The number of aromatic hydroxyl groups is 1. The fourth-order valence-corrected chi connectivity index (χ4v) is 3.71. The molecular formula is C24H31BrFN3O2. The number of Topliss-reactive ketones (excluding diaryl/α,β-unsaturated/α-hetero) is 1. The van der Waals surface area contributed by atoms with Gasteiger partial charge >= 0.3 is 0 Å². The first-order valence-corrected chi connectivity index (χ1v) is 10.1. The van der Waals surface area contributed by atoms with Crippen molar-refractivity contribution in [3.8, 4) is 5.75 Å². The maximum atomic E-state index is 13.2. The van der Waals surface area contributed by atoms with Gasteiger partial charge < -0.3 is 10.0 Å². The Hall–Kier alpha value is -2.28. The van der Waals surface area contributed by atoms with Crippen molar-refractivity contribution in [1.29, 1.82) is 5.41 Å². The number of phenols is 1. The van der Waals surface area contributed by atoms with Gasteiger partial charge in [-0.1, -0.05) is 47.6 Å². The molecule has 5 nitrogen and oxygen atoms in total. The lowest BCUT2D eigenvalue weighted by Crippen LogP contribution is -2.31. The number of alkyl halides is 1. The molecule has 31 heavy (non-hydrogen) atoms. The van der Waals surface area contributed by atoms with E-state index in [1.54, 1.807) is 29.2 Å². The fourth-order valence-electron chi connectivity index (χ4n) is 3.71. The third-order valence-corrected chi connectivity index (χ3v) is 5.46. The van der Waals surface area contributed by atoms with E-state index in [2.05, 4.69) is 4.98 Å². The van der Waals surface area contributed by atoms with Gasteiger partial charge in [0.2, 0.25) is 0 Å². The predicted octanol–water partition coefficient (Wildman–Crippen LogP) is 5.45. The Bertz CT molecular complexity index is 987. The minimum atomic E-state index is -0.682. The zero-order valence-electron chi connectivity index (χ0n) is 19.0. The summed E-state index contributed by atoms with van der Waals surface area (Å²) < 4.78 is 12.9. The van der Waals surface area contributed by atoms with Gasteiger partial charge in [-0.2, -0.15) is 0 Å². The van der Waals surface area contributed by atoms with E-state index in [0.717, 1.165) is 16.7 Å². The smallest absolute Gasteiger partial charge is 0.182 e. The van der Waals surface area contributed by atoms with Crippen LogP contribution < -0.4 is 0 Å². The largest absolute Gasteiger partial charge is 0.507 e. The van der Waals surface area contributed by atoms with E-state index in [1.165, 1.54) is 0 Å². The van der Waals surface area contributed by atoms with E-state index >= 15 is 0 Å². The Balaban J connectivity index is 0.00000341. The molecule has 1 aromatic carbocycles. The minimum absolute atomic E-state index is 0. The van der Waals surface area contributed by atoms with E-state index in [0.29, 0.717) is 17.8 Å². The van der Waals surface area contributed by atoms with Gasteiger partial charge in [-0.25, -0.2) is 9.37 Å². The maximum Gasteiger partial charge on any atom is 0.182 e. The van der Waals surface area contributed by atoms with Crippen LogP contribution >= 0.6 is 17.0 Å². The van der Waals surface area contributed by atoms with Gasteiger partial charge in [-0.05, 0) is 29.0 Å². The highest BCUT2D eigenvalue weighted by molar-refractivity contribution is 8.93. The van der Waals surface area contributed by atoms with Gasteiger partial charge in [0.15, 0.2) is 5.78 Å². The number of carbonyl (C=O) groups is 1. The summed E-state index contributed by atoms with van der Waals surface area (Å²) in [7, 11) is 0. The van der Waals surface area contributed by atoms with Crippen molar-refractivity contribution in [1.82, 2.24) is 9.88 Å². The Kier molecular flexibility index (Phi) is 7.00. The summed E-state index contributed by atoms with van der Waals surface area (Å²) in [4.78, 5) is 19.0. The first-order chi connectivity index (χ1) is 13.8. The number of phenolic OH excluding ortho intramolecular Hbond substituents is 1. The number of benzene rings is 1. The maximum absolute atomic E-state index is 13.2. The van der Waals surface area contributed by atoms with Crippen molar-refractivity contribution < 1.29 is 14.3 Å². The van der Waals surface area contributed by atoms with E-state index in [-0.39, 0.29) is 57.4 Å². The van der Waals surface area contributed by atoms with E-state index in [9.17, 15) is 14.3 Å². The molecule has 0 radical (unpaired) electrons. The van der Waals surface area contributed by atoms with Crippen LogP contribution in [0.4, 0.5) is 4.39 Å². The standard InChI is InChI=1S/C24H30FN3O2.BrH/c1-23(2,3)17-9-15(10-18(21(17)30)24(4,5)6)19(29)13-28-12-14-7-8-16(11-25)27-20(14)22(28)26;/h7-10,26,30H,11-13H2,1-6H3;1H. The molecule has 2 heterocycles. The van der Waals surface area contributed by atoms with Crippen LogP contribution in [0.1, 0.15) is 80.0 Å². The SMILES string of the molecule is Br.CC(C)(C)c1cc(C(=O)CN2Cc3ccc(CF)nc3C2=N)cc(C(C)(C)C)c1O. The molecule has 0 bridgehead atoms. The number of nitrogens with zero attached hydrogens (tertiary/aromatic N) is 2. The lowest BCUT2D eigenvalue weighted by molar-refractivity contribution is 0.0962. The molecule has 168 valence electrons. The molecule has 7 heteroatoms. The van der Waals surface area contributed by atoms with Crippen LogP contribution in [0.3, 0.4) is 0 Å². The molecule has 0 spiro atoms. The second-order valence-corrected chi connectivity index (χ2v) is 9.99.